The van der Waals surface area contributed by atoms with Crippen LogP contribution in [-0.4, -0.2) is 19.0 Å². The molecule has 1 aromatic carbocycles. The van der Waals surface area contributed by atoms with Crippen molar-refractivity contribution in [3.05, 3.63) is 35.9 Å². The highest BCUT2D eigenvalue weighted by Crippen LogP contribution is 2.23. The van der Waals surface area contributed by atoms with Gasteiger partial charge in [0.25, 0.3) is 0 Å². The Morgan fingerprint density at radius 2 is 1.79 bits per heavy atom. The van der Waals surface area contributed by atoms with Gasteiger partial charge in [0.05, 0.1) is 0 Å². The molecule has 1 amide bonds. The van der Waals surface area contributed by atoms with Gasteiger partial charge in [0.2, 0.25) is 5.91 Å². The molecule has 3 heteroatoms. The summed E-state index contributed by atoms with van der Waals surface area (Å²) < 4.78 is 0. The Morgan fingerprint density at radius 3 is 2.53 bits per heavy atom. The number of hydrogen-bond donors (Lipinski definition) is 2. The molecule has 3 nitrogen and oxygen atoms in total. The zero-order valence-electron chi connectivity index (χ0n) is 11.5. The minimum atomic E-state index is 0.251. The molecule has 2 rings (SSSR count). The topological polar surface area (TPSA) is 41.1 Å². The van der Waals surface area contributed by atoms with E-state index in [1.54, 1.807) is 0 Å². The van der Waals surface area contributed by atoms with Crippen molar-refractivity contribution < 1.29 is 4.79 Å². The molecule has 0 spiro atoms. The number of amides is 1. The van der Waals surface area contributed by atoms with E-state index in [1.807, 2.05) is 18.2 Å². The van der Waals surface area contributed by atoms with Crippen molar-refractivity contribution in [2.45, 2.75) is 38.6 Å². The molecule has 1 saturated carbocycles. The number of hydrogen-bond acceptors (Lipinski definition) is 2. The van der Waals surface area contributed by atoms with Gasteiger partial charge < -0.3 is 10.6 Å². The van der Waals surface area contributed by atoms with E-state index in [1.165, 1.54) is 24.8 Å². The maximum Gasteiger partial charge on any atom is 0.223 e. The molecule has 0 saturated heterocycles. The van der Waals surface area contributed by atoms with Crippen LogP contribution in [0.25, 0.3) is 0 Å². The first-order valence-corrected chi connectivity index (χ1v) is 7.38. The van der Waals surface area contributed by atoms with Gasteiger partial charge in [0.15, 0.2) is 0 Å². The van der Waals surface area contributed by atoms with Crippen LogP contribution in [0.2, 0.25) is 0 Å². The third kappa shape index (κ3) is 5.03. The van der Waals surface area contributed by atoms with Gasteiger partial charge in [-0.05, 0) is 18.4 Å². The van der Waals surface area contributed by atoms with Gasteiger partial charge in [-0.15, -0.1) is 0 Å². The van der Waals surface area contributed by atoms with Crippen molar-refractivity contribution in [3.63, 3.8) is 0 Å². The Hall–Kier alpha value is -1.35. The first kappa shape index (κ1) is 14.1. The summed E-state index contributed by atoms with van der Waals surface area (Å²) in [6.45, 7) is 2.41. The average Bonchev–Trinajstić information content (AvgIpc) is 2.49. The van der Waals surface area contributed by atoms with Gasteiger partial charge in [-0.25, -0.2) is 0 Å². The molecular weight excluding hydrogens is 236 g/mol. The summed E-state index contributed by atoms with van der Waals surface area (Å²) in [7, 11) is 0. The van der Waals surface area contributed by atoms with E-state index in [4.69, 9.17) is 0 Å². The number of carbonyl (C=O) groups excluding carboxylic acids is 1. The molecular formula is C16H24N2O. The van der Waals surface area contributed by atoms with Gasteiger partial charge in [-0.2, -0.15) is 0 Å². The highest BCUT2D eigenvalue weighted by Gasteiger charge is 2.20. The molecule has 0 atom stereocenters. The van der Waals surface area contributed by atoms with Crippen molar-refractivity contribution in [3.8, 4) is 0 Å². The van der Waals surface area contributed by atoms with E-state index in [9.17, 15) is 4.79 Å². The van der Waals surface area contributed by atoms with Crippen LogP contribution in [0.4, 0.5) is 0 Å². The van der Waals surface area contributed by atoms with E-state index in [2.05, 4.69) is 22.8 Å². The lowest BCUT2D eigenvalue weighted by Crippen LogP contribution is -2.36. The summed E-state index contributed by atoms with van der Waals surface area (Å²) in [6, 6.07) is 10.3. The molecule has 19 heavy (non-hydrogen) atoms. The average molecular weight is 260 g/mol. The zero-order valence-corrected chi connectivity index (χ0v) is 11.5. The lowest BCUT2D eigenvalue weighted by molar-refractivity contribution is -0.125. The molecule has 1 aliphatic rings. The summed E-state index contributed by atoms with van der Waals surface area (Å²) in [6.07, 6.45) is 5.86. The van der Waals surface area contributed by atoms with E-state index in [-0.39, 0.29) is 11.8 Å². The third-order valence-corrected chi connectivity index (χ3v) is 3.75. The minimum Gasteiger partial charge on any atom is -0.355 e. The van der Waals surface area contributed by atoms with Gasteiger partial charge in [0.1, 0.15) is 0 Å². The third-order valence-electron chi connectivity index (χ3n) is 3.75. The Kier molecular flexibility index (Phi) is 5.89. The number of rotatable bonds is 6. The smallest absolute Gasteiger partial charge is 0.223 e. The van der Waals surface area contributed by atoms with Crippen LogP contribution in [0.5, 0.6) is 0 Å². The predicted molar refractivity (Wildman–Crippen MR) is 77.7 cm³/mol. The van der Waals surface area contributed by atoms with Crippen LogP contribution in [-0.2, 0) is 11.3 Å². The SMILES string of the molecule is O=C(NCCNCc1ccccc1)C1CCCCC1. The Bertz CT molecular complexity index is 372. The maximum absolute atomic E-state index is 11.9. The zero-order chi connectivity index (χ0) is 13.3. The molecule has 0 unspecified atom stereocenters. The van der Waals surface area contributed by atoms with Gasteiger partial charge in [-0.1, -0.05) is 49.6 Å². The highest BCUT2D eigenvalue weighted by molar-refractivity contribution is 5.78. The standard InChI is InChI=1S/C16H24N2O/c19-16(15-9-5-2-6-10-15)18-12-11-17-13-14-7-3-1-4-8-14/h1,3-4,7-8,15,17H,2,5-6,9-13H2,(H,18,19). The van der Waals surface area contributed by atoms with E-state index in [0.717, 1.165) is 32.5 Å². The molecule has 0 aliphatic heterocycles. The van der Waals surface area contributed by atoms with Crippen LogP contribution in [0.1, 0.15) is 37.7 Å². The molecule has 0 bridgehead atoms. The van der Waals surface area contributed by atoms with E-state index in [0.29, 0.717) is 0 Å². The van der Waals surface area contributed by atoms with Crippen molar-refractivity contribution >= 4 is 5.91 Å². The second-order valence-corrected chi connectivity index (χ2v) is 5.29. The predicted octanol–water partition coefficient (Wildman–Crippen LogP) is 2.47. The first-order chi connectivity index (χ1) is 9.36. The number of benzene rings is 1. The van der Waals surface area contributed by atoms with Crippen LogP contribution >= 0.6 is 0 Å². The van der Waals surface area contributed by atoms with Crippen LogP contribution < -0.4 is 10.6 Å². The lowest BCUT2D eigenvalue weighted by Gasteiger charge is -2.20. The lowest BCUT2D eigenvalue weighted by atomic mass is 9.89. The fourth-order valence-electron chi connectivity index (χ4n) is 2.61. The summed E-state index contributed by atoms with van der Waals surface area (Å²) >= 11 is 0. The minimum absolute atomic E-state index is 0.251. The van der Waals surface area contributed by atoms with Crippen LogP contribution in [0.15, 0.2) is 30.3 Å². The van der Waals surface area contributed by atoms with Crippen LogP contribution in [0.3, 0.4) is 0 Å². The fraction of sp³-hybridized carbons (Fsp3) is 0.562. The molecule has 2 N–H and O–H groups in total. The van der Waals surface area contributed by atoms with Crippen molar-refractivity contribution in [1.82, 2.24) is 10.6 Å². The van der Waals surface area contributed by atoms with Crippen molar-refractivity contribution in [2.75, 3.05) is 13.1 Å². The second-order valence-electron chi connectivity index (χ2n) is 5.29. The van der Waals surface area contributed by atoms with Crippen molar-refractivity contribution in [2.24, 2.45) is 5.92 Å². The molecule has 0 radical (unpaired) electrons. The largest absolute Gasteiger partial charge is 0.355 e. The second kappa shape index (κ2) is 7.95. The summed E-state index contributed by atoms with van der Waals surface area (Å²) in [5, 5.41) is 6.38. The van der Waals surface area contributed by atoms with Gasteiger partial charge in [0, 0.05) is 25.6 Å². The van der Waals surface area contributed by atoms with E-state index >= 15 is 0 Å². The number of nitrogens with one attached hydrogen (secondary N) is 2. The summed E-state index contributed by atoms with van der Waals surface area (Å²) in [4.78, 5) is 11.9. The first-order valence-electron chi connectivity index (χ1n) is 7.38. The Morgan fingerprint density at radius 1 is 1.05 bits per heavy atom. The van der Waals surface area contributed by atoms with Gasteiger partial charge in [-0.3, -0.25) is 4.79 Å². The van der Waals surface area contributed by atoms with Crippen molar-refractivity contribution in [1.29, 1.82) is 0 Å². The van der Waals surface area contributed by atoms with Crippen LogP contribution in [0, 0.1) is 5.92 Å². The highest BCUT2D eigenvalue weighted by atomic mass is 16.1. The quantitative estimate of drug-likeness (QED) is 0.772. The molecule has 0 aromatic heterocycles. The Labute approximate surface area is 115 Å². The fourth-order valence-corrected chi connectivity index (χ4v) is 2.61. The maximum atomic E-state index is 11.9. The summed E-state index contributed by atoms with van der Waals surface area (Å²) in [5.74, 6) is 0.518. The monoisotopic (exact) mass is 260 g/mol. The molecule has 1 aromatic rings. The molecule has 0 heterocycles. The molecule has 1 fully saturated rings. The summed E-state index contributed by atoms with van der Waals surface area (Å²) in [5.41, 5.74) is 1.28. The van der Waals surface area contributed by atoms with Gasteiger partial charge >= 0.3 is 0 Å². The molecule has 1 aliphatic carbocycles. The normalized spacial score (nSPS) is 16.2. The van der Waals surface area contributed by atoms with E-state index < -0.39 is 0 Å². The molecule has 104 valence electrons. The number of carbonyl (C=O) groups is 1. The Balaban J connectivity index is 1.55.